The Morgan fingerprint density at radius 1 is 1.10 bits per heavy atom. The zero-order valence-electron chi connectivity index (χ0n) is 17.1. The molecule has 158 valence electrons. The van der Waals surface area contributed by atoms with Gasteiger partial charge < -0.3 is 0 Å². The molecule has 2 aromatic carbocycles. The molecule has 0 saturated carbocycles. The molecule has 0 aliphatic heterocycles. The second kappa shape index (κ2) is 8.62. The molecular formula is C22H24ClN3O3S. The minimum atomic E-state index is -3.86. The lowest BCUT2D eigenvalue weighted by Crippen LogP contribution is -2.25. The van der Waals surface area contributed by atoms with Gasteiger partial charge in [0.05, 0.1) is 10.6 Å². The molecule has 2 aromatic rings. The molecule has 0 radical (unpaired) electrons. The van der Waals surface area contributed by atoms with Crippen LogP contribution in [0.2, 0.25) is 5.02 Å². The average molecular weight is 446 g/mol. The zero-order chi connectivity index (χ0) is 21.9. The first-order valence-corrected chi connectivity index (χ1v) is 11.3. The zero-order valence-corrected chi connectivity index (χ0v) is 18.6. The second-order valence-electron chi connectivity index (χ2n) is 8.19. The fourth-order valence-electron chi connectivity index (χ4n) is 3.49. The molecule has 2 N–H and O–H groups in total. The first-order valence-electron chi connectivity index (χ1n) is 9.47. The van der Waals surface area contributed by atoms with Crippen LogP contribution in [-0.2, 0) is 10.0 Å². The fraction of sp³-hybridized carbons (Fsp3) is 0.273. The molecule has 0 bridgehead atoms. The van der Waals surface area contributed by atoms with Crippen LogP contribution in [0.4, 0.5) is 5.69 Å². The molecule has 0 spiro atoms. The predicted octanol–water partition coefficient (Wildman–Crippen LogP) is 4.99. The lowest BCUT2D eigenvalue weighted by molar-refractivity contribution is 0.0954. The summed E-state index contributed by atoms with van der Waals surface area (Å²) in [5.74, 6) is -0.472. The number of amides is 1. The summed E-state index contributed by atoms with van der Waals surface area (Å²) in [6.45, 7) is 6.35. The Kier molecular flexibility index (Phi) is 6.33. The van der Waals surface area contributed by atoms with Crippen LogP contribution in [0.3, 0.4) is 0 Å². The third-order valence-electron chi connectivity index (χ3n) is 4.63. The summed E-state index contributed by atoms with van der Waals surface area (Å²) < 4.78 is 27.8. The van der Waals surface area contributed by atoms with E-state index in [1.807, 2.05) is 13.0 Å². The third-order valence-corrected chi connectivity index (χ3v) is 6.27. The summed E-state index contributed by atoms with van der Waals surface area (Å²) >= 11 is 5.83. The second-order valence-corrected chi connectivity index (χ2v) is 10.3. The van der Waals surface area contributed by atoms with Gasteiger partial charge in [-0.3, -0.25) is 9.52 Å². The molecule has 8 heteroatoms. The van der Waals surface area contributed by atoms with Gasteiger partial charge in [-0.15, -0.1) is 0 Å². The SMILES string of the molecule is CC1=CC(=NNC(=O)c2cccc(S(=O)(=O)Nc3ccc(Cl)cc3)c2)CC(C)(C)C1. The minimum Gasteiger partial charge on any atom is -0.280 e. The van der Waals surface area contributed by atoms with E-state index in [9.17, 15) is 13.2 Å². The van der Waals surface area contributed by atoms with E-state index in [1.165, 1.54) is 23.8 Å². The highest BCUT2D eigenvalue weighted by Crippen LogP contribution is 2.33. The summed E-state index contributed by atoms with van der Waals surface area (Å²) in [5, 5.41) is 4.74. The highest BCUT2D eigenvalue weighted by molar-refractivity contribution is 7.92. The van der Waals surface area contributed by atoms with Gasteiger partial charge in [-0.1, -0.05) is 37.1 Å². The number of hydrogen-bond acceptors (Lipinski definition) is 4. The van der Waals surface area contributed by atoms with Gasteiger partial charge in [0.25, 0.3) is 15.9 Å². The molecule has 0 unspecified atom stereocenters. The Morgan fingerprint density at radius 2 is 1.80 bits per heavy atom. The summed E-state index contributed by atoms with van der Waals surface area (Å²) in [5.41, 5.74) is 5.21. The van der Waals surface area contributed by atoms with Crippen LogP contribution in [0.25, 0.3) is 0 Å². The number of hydrogen-bond donors (Lipinski definition) is 2. The van der Waals surface area contributed by atoms with Crippen LogP contribution in [0.5, 0.6) is 0 Å². The number of allylic oxidation sites excluding steroid dienone is 2. The van der Waals surface area contributed by atoms with E-state index in [-0.39, 0.29) is 15.9 Å². The summed E-state index contributed by atoms with van der Waals surface area (Å²) in [7, 11) is -3.86. The Balaban J connectivity index is 1.76. The van der Waals surface area contributed by atoms with E-state index in [0.29, 0.717) is 10.7 Å². The Labute approximate surface area is 182 Å². The summed E-state index contributed by atoms with van der Waals surface area (Å²) in [4.78, 5) is 12.5. The van der Waals surface area contributed by atoms with Crippen molar-refractivity contribution in [3.63, 3.8) is 0 Å². The molecule has 0 fully saturated rings. The predicted molar refractivity (Wildman–Crippen MR) is 120 cm³/mol. The van der Waals surface area contributed by atoms with Crippen molar-refractivity contribution in [1.82, 2.24) is 5.43 Å². The molecule has 1 aliphatic carbocycles. The number of nitrogens with one attached hydrogen (secondary N) is 2. The quantitative estimate of drug-likeness (QED) is 0.635. The topological polar surface area (TPSA) is 87.6 Å². The van der Waals surface area contributed by atoms with Crippen molar-refractivity contribution in [2.45, 2.75) is 38.5 Å². The molecule has 3 rings (SSSR count). The van der Waals surface area contributed by atoms with Crippen LogP contribution >= 0.6 is 11.6 Å². The average Bonchev–Trinajstić information content (AvgIpc) is 2.66. The lowest BCUT2D eigenvalue weighted by atomic mass is 9.77. The normalized spacial score (nSPS) is 17.3. The molecular weight excluding hydrogens is 422 g/mol. The fourth-order valence-corrected chi connectivity index (χ4v) is 4.72. The molecule has 30 heavy (non-hydrogen) atoms. The highest BCUT2D eigenvalue weighted by atomic mass is 35.5. The Morgan fingerprint density at radius 3 is 2.47 bits per heavy atom. The van der Waals surface area contributed by atoms with Gasteiger partial charge >= 0.3 is 0 Å². The Hall–Kier alpha value is -2.64. The molecule has 1 amide bonds. The number of carbonyl (C=O) groups excluding carboxylic acids is 1. The van der Waals surface area contributed by atoms with Crippen LogP contribution in [0.1, 0.15) is 44.0 Å². The van der Waals surface area contributed by atoms with Crippen LogP contribution in [0, 0.1) is 5.41 Å². The van der Waals surface area contributed by atoms with Gasteiger partial charge in [0.1, 0.15) is 0 Å². The summed E-state index contributed by atoms with van der Waals surface area (Å²) in [6.07, 6.45) is 3.72. The first-order chi connectivity index (χ1) is 14.0. The van der Waals surface area contributed by atoms with E-state index in [2.05, 4.69) is 29.1 Å². The van der Waals surface area contributed by atoms with Crippen molar-refractivity contribution in [3.8, 4) is 0 Å². The highest BCUT2D eigenvalue weighted by Gasteiger charge is 2.25. The minimum absolute atomic E-state index is 0.0210. The number of hydrazone groups is 1. The maximum absolute atomic E-state index is 12.7. The molecule has 0 saturated heterocycles. The van der Waals surface area contributed by atoms with Gasteiger partial charge in [0.2, 0.25) is 0 Å². The number of rotatable bonds is 5. The first kappa shape index (κ1) is 22.1. The van der Waals surface area contributed by atoms with E-state index in [0.717, 1.165) is 18.6 Å². The van der Waals surface area contributed by atoms with Crippen LogP contribution < -0.4 is 10.1 Å². The maximum Gasteiger partial charge on any atom is 0.271 e. The number of anilines is 1. The van der Waals surface area contributed by atoms with Crippen LogP contribution in [0.15, 0.2) is 70.2 Å². The molecule has 0 atom stereocenters. The van der Waals surface area contributed by atoms with Gasteiger partial charge in [0, 0.05) is 16.3 Å². The van der Waals surface area contributed by atoms with Crippen molar-refractivity contribution < 1.29 is 13.2 Å². The van der Waals surface area contributed by atoms with Crippen molar-refractivity contribution in [2.24, 2.45) is 10.5 Å². The Bertz CT molecular complexity index is 1120. The van der Waals surface area contributed by atoms with E-state index in [1.54, 1.807) is 30.3 Å². The number of carbonyl (C=O) groups is 1. The van der Waals surface area contributed by atoms with E-state index < -0.39 is 15.9 Å². The maximum atomic E-state index is 12.7. The van der Waals surface area contributed by atoms with Gasteiger partial charge in [-0.05, 0) is 73.7 Å². The van der Waals surface area contributed by atoms with Crippen molar-refractivity contribution in [1.29, 1.82) is 0 Å². The largest absolute Gasteiger partial charge is 0.280 e. The molecule has 0 aromatic heterocycles. The van der Waals surface area contributed by atoms with E-state index >= 15 is 0 Å². The number of nitrogens with zero attached hydrogens (tertiary/aromatic N) is 1. The standard InChI is InChI=1S/C22H24ClN3O3S/c1-15-11-19(14-22(2,3)13-15)24-25-21(27)16-5-4-6-20(12-16)30(28,29)26-18-9-7-17(23)8-10-18/h4-12,26H,13-14H2,1-3H3,(H,25,27). The van der Waals surface area contributed by atoms with Crippen molar-refractivity contribution in [3.05, 3.63) is 70.8 Å². The molecule has 6 nitrogen and oxygen atoms in total. The number of benzene rings is 2. The monoisotopic (exact) mass is 445 g/mol. The summed E-state index contributed by atoms with van der Waals surface area (Å²) in [6, 6.07) is 12.1. The van der Waals surface area contributed by atoms with E-state index in [4.69, 9.17) is 11.6 Å². The number of halogens is 1. The third kappa shape index (κ3) is 5.70. The van der Waals surface area contributed by atoms with Crippen molar-refractivity contribution in [2.75, 3.05) is 4.72 Å². The van der Waals surface area contributed by atoms with Gasteiger partial charge in [-0.2, -0.15) is 5.10 Å². The molecule has 1 aliphatic rings. The molecule has 0 heterocycles. The van der Waals surface area contributed by atoms with Gasteiger partial charge in [0.15, 0.2) is 0 Å². The number of sulfonamides is 1. The van der Waals surface area contributed by atoms with Crippen molar-refractivity contribution >= 4 is 38.9 Å². The van der Waals surface area contributed by atoms with Crippen LogP contribution in [-0.4, -0.2) is 20.0 Å². The van der Waals surface area contributed by atoms with Gasteiger partial charge in [-0.25, -0.2) is 13.8 Å². The smallest absolute Gasteiger partial charge is 0.271 e. The lowest BCUT2D eigenvalue weighted by Gasteiger charge is -2.29.